The SMILES string of the molecule is OCCN1CCN(Cc2ccc(Cl)s2)CC1. The third kappa shape index (κ3) is 3.43. The van der Waals surface area contributed by atoms with E-state index in [4.69, 9.17) is 16.7 Å². The van der Waals surface area contributed by atoms with Gasteiger partial charge in [0.2, 0.25) is 0 Å². The molecule has 2 rings (SSSR count). The van der Waals surface area contributed by atoms with Crippen molar-refractivity contribution < 1.29 is 5.11 Å². The van der Waals surface area contributed by atoms with Gasteiger partial charge in [-0.15, -0.1) is 11.3 Å². The number of aliphatic hydroxyl groups is 1. The van der Waals surface area contributed by atoms with E-state index in [9.17, 15) is 0 Å². The van der Waals surface area contributed by atoms with Gasteiger partial charge in [0.25, 0.3) is 0 Å². The molecule has 1 aromatic rings. The Hall–Kier alpha value is -0.130. The van der Waals surface area contributed by atoms with Crippen LogP contribution >= 0.6 is 22.9 Å². The van der Waals surface area contributed by atoms with Crippen molar-refractivity contribution in [2.45, 2.75) is 6.54 Å². The molecule has 0 radical (unpaired) electrons. The molecular formula is C11H17ClN2OS. The van der Waals surface area contributed by atoms with E-state index in [1.54, 1.807) is 11.3 Å². The summed E-state index contributed by atoms with van der Waals surface area (Å²) in [7, 11) is 0. The molecule has 0 atom stereocenters. The fourth-order valence-corrected chi connectivity index (χ4v) is 3.10. The van der Waals surface area contributed by atoms with Gasteiger partial charge in [0.15, 0.2) is 0 Å². The van der Waals surface area contributed by atoms with Gasteiger partial charge in [-0.3, -0.25) is 9.80 Å². The van der Waals surface area contributed by atoms with Crippen molar-refractivity contribution >= 4 is 22.9 Å². The highest BCUT2D eigenvalue weighted by molar-refractivity contribution is 7.16. The first-order valence-corrected chi connectivity index (χ1v) is 6.77. The van der Waals surface area contributed by atoms with Crippen molar-refractivity contribution in [1.29, 1.82) is 0 Å². The molecule has 1 aromatic heterocycles. The van der Waals surface area contributed by atoms with Crippen molar-refractivity contribution in [3.63, 3.8) is 0 Å². The lowest BCUT2D eigenvalue weighted by atomic mass is 10.3. The lowest BCUT2D eigenvalue weighted by Gasteiger charge is -2.34. The first-order valence-electron chi connectivity index (χ1n) is 5.58. The van der Waals surface area contributed by atoms with E-state index in [0.717, 1.165) is 43.6 Å². The van der Waals surface area contributed by atoms with Crippen LogP contribution < -0.4 is 0 Å². The molecule has 1 N–H and O–H groups in total. The molecule has 1 saturated heterocycles. The number of aliphatic hydroxyl groups excluding tert-OH is 1. The highest BCUT2D eigenvalue weighted by Gasteiger charge is 2.16. The molecule has 1 aliphatic heterocycles. The molecule has 0 spiro atoms. The summed E-state index contributed by atoms with van der Waals surface area (Å²) < 4.78 is 0.869. The average molecular weight is 261 g/mol. The number of halogens is 1. The van der Waals surface area contributed by atoms with E-state index in [0.29, 0.717) is 0 Å². The van der Waals surface area contributed by atoms with Crippen LogP contribution in [0.2, 0.25) is 4.34 Å². The van der Waals surface area contributed by atoms with Crippen LogP contribution in [0.4, 0.5) is 0 Å². The van der Waals surface area contributed by atoms with Crippen LogP contribution in [-0.2, 0) is 6.54 Å². The maximum atomic E-state index is 8.85. The molecular weight excluding hydrogens is 244 g/mol. The Bertz CT molecular complexity index is 324. The van der Waals surface area contributed by atoms with Crippen LogP contribution in [0.3, 0.4) is 0 Å². The minimum Gasteiger partial charge on any atom is -0.395 e. The summed E-state index contributed by atoms with van der Waals surface area (Å²) in [6.07, 6.45) is 0. The monoisotopic (exact) mass is 260 g/mol. The standard InChI is InChI=1S/C11H17ClN2OS/c12-11-2-1-10(16-11)9-14-5-3-13(4-6-14)7-8-15/h1-2,15H,3-9H2. The summed E-state index contributed by atoms with van der Waals surface area (Å²) in [5.41, 5.74) is 0. The Morgan fingerprint density at radius 2 is 1.88 bits per heavy atom. The number of β-amino-alcohol motifs (C(OH)–C–C–N with tert-alkyl or cyclic N) is 1. The van der Waals surface area contributed by atoms with E-state index < -0.39 is 0 Å². The third-order valence-electron chi connectivity index (χ3n) is 2.89. The first-order chi connectivity index (χ1) is 7.78. The van der Waals surface area contributed by atoms with Crippen LogP contribution in [0.1, 0.15) is 4.88 Å². The van der Waals surface area contributed by atoms with Crippen LogP contribution in [0.15, 0.2) is 12.1 Å². The van der Waals surface area contributed by atoms with Gasteiger partial charge >= 0.3 is 0 Å². The van der Waals surface area contributed by atoms with Crippen molar-refractivity contribution in [3.05, 3.63) is 21.3 Å². The molecule has 0 bridgehead atoms. The van der Waals surface area contributed by atoms with Crippen molar-refractivity contribution in [2.24, 2.45) is 0 Å². The number of nitrogens with zero attached hydrogens (tertiary/aromatic N) is 2. The maximum absolute atomic E-state index is 8.85. The molecule has 90 valence electrons. The van der Waals surface area contributed by atoms with Gasteiger partial charge in [-0.05, 0) is 12.1 Å². The lowest BCUT2D eigenvalue weighted by molar-refractivity contribution is 0.109. The molecule has 0 saturated carbocycles. The van der Waals surface area contributed by atoms with Crippen LogP contribution in [0.5, 0.6) is 0 Å². The molecule has 1 fully saturated rings. The Kier molecular flexibility index (Phi) is 4.61. The highest BCUT2D eigenvalue weighted by Crippen LogP contribution is 2.22. The second-order valence-corrected chi connectivity index (χ2v) is 5.85. The second kappa shape index (κ2) is 5.98. The maximum Gasteiger partial charge on any atom is 0.0931 e. The molecule has 0 unspecified atom stereocenters. The molecule has 0 amide bonds. The molecule has 3 nitrogen and oxygen atoms in total. The lowest BCUT2D eigenvalue weighted by Crippen LogP contribution is -2.46. The van der Waals surface area contributed by atoms with Gasteiger partial charge in [0, 0.05) is 44.1 Å². The minimum absolute atomic E-state index is 0.264. The molecule has 16 heavy (non-hydrogen) atoms. The van der Waals surface area contributed by atoms with E-state index in [2.05, 4.69) is 15.9 Å². The van der Waals surface area contributed by atoms with E-state index in [1.807, 2.05) is 6.07 Å². The average Bonchev–Trinajstić information content (AvgIpc) is 2.67. The first kappa shape index (κ1) is 12.3. The molecule has 1 aliphatic rings. The van der Waals surface area contributed by atoms with Gasteiger partial charge in [-0.1, -0.05) is 11.6 Å². The summed E-state index contributed by atoms with van der Waals surface area (Å²) >= 11 is 7.57. The second-order valence-electron chi connectivity index (χ2n) is 4.05. The van der Waals surface area contributed by atoms with Crippen molar-refractivity contribution in [3.8, 4) is 0 Å². The fourth-order valence-electron chi connectivity index (χ4n) is 1.97. The van der Waals surface area contributed by atoms with Crippen LogP contribution in [0.25, 0.3) is 0 Å². The topological polar surface area (TPSA) is 26.7 Å². The van der Waals surface area contributed by atoms with Gasteiger partial charge in [-0.2, -0.15) is 0 Å². The Morgan fingerprint density at radius 1 is 1.19 bits per heavy atom. The van der Waals surface area contributed by atoms with Gasteiger partial charge in [-0.25, -0.2) is 0 Å². The van der Waals surface area contributed by atoms with Gasteiger partial charge < -0.3 is 5.11 Å². The smallest absolute Gasteiger partial charge is 0.0931 e. The third-order valence-corrected chi connectivity index (χ3v) is 4.11. The quantitative estimate of drug-likeness (QED) is 0.889. The van der Waals surface area contributed by atoms with Crippen molar-refractivity contribution in [1.82, 2.24) is 9.80 Å². The van der Waals surface area contributed by atoms with Gasteiger partial charge in [0.1, 0.15) is 0 Å². The predicted molar refractivity (Wildman–Crippen MR) is 68.1 cm³/mol. The molecule has 0 aliphatic carbocycles. The summed E-state index contributed by atoms with van der Waals surface area (Å²) in [6.45, 7) is 6.34. The summed E-state index contributed by atoms with van der Waals surface area (Å²) in [6, 6.07) is 4.07. The van der Waals surface area contributed by atoms with E-state index in [1.165, 1.54) is 4.88 Å². The van der Waals surface area contributed by atoms with Gasteiger partial charge in [0.05, 0.1) is 10.9 Å². The van der Waals surface area contributed by atoms with Crippen molar-refractivity contribution in [2.75, 3.05) is 39.3 Å². The Morgan fingerprint density at radius 3 is 2.44 bits per heavy atom. The molecule has 2 heterocycles. The largest absolute Gasteiger partial charge is 0.395 e. The zero-order valence-corrected chi connectivity index (χ0v) is 10.8. The van der Waals surface area contributed by atoms with Crippen LogP contribution in [-0.4, -0.2) is 54.2 Å². The Labute approximate surface area is 105 Å². The van der Waals surface area contributed by atoms with E-state index >= 15 is 0 Å². The normalized spacial score (nSPS) is 19.1. The molecule has 0 aromatic carbocycles. The highest BCUT2D eigenvalue weighted by atomic mass is 35.5. The number of piperazine rings is 1. The summed E-state index contributed by atoms with van der Waals surface area (Å²) in [4.78, 5) is 6.08. The fraction of sp³-hybridized carbons (Fsp3) is 0.636. The summed E-state index contributed by atoms with van der Waals surface area (Å²) in [5.74, 6) is 0. The van der Waals surface area contributed by atoms with E-state index in [-0.39, 0.29) is 6.61 Å². The van der Waals surface area contributed by atoms with Crippen LogP contribution in [0, 0.1) is 0 Å². The predicted octanol–water partition coefficient (Wildman–Crippen LogP) is 1.51. The zero-order valence-electron chi connectivity index (χ0n) is 9.23. The molecule has 5 heteroatoms. The number of hydrogen-bond acceptors (Lipinski definition) is 4. The number of thiophene rings is 1. The summed E-state index contributed by atoms with van der Waals surface area (Å²) in [5, 5.41) is 8.85. The zero-order chi connectivity index (χ0) is 11.4. The number of rotatable bonds is 4. The minimum atomic E-state index is 0.264. The number of hydrogen-bond donors (Lipinski definition) is 1. The Balaban J connectivity index is 1.77.